The Balaban J connectivity index is 1.33. The Morgan fingerprint density at radius 3 is 1.87 bits per heavy atom. The zero-order valence-corrected chi connectivity index (χ0v) is 31.6. The number of carbonyl (C=O) groups is 3. The molecule has 54 heavy (non-hydrogen) atoms. The lowest BCUT2D eigenvalue weighted by Crippen LogP contribution is -2.46. The lowest BCUT2D eigenvalue weighted by molar-refractivity contribution is -0.149. The Kier molecular flexibility index (Phi) is 18.1. The highest BCUT2D eigenvalue weighted by molar-refractivity contribution is 7.98. The van der Waals surface area contributed by atoms with Gasteiger partial charge in [0.15, 0.2) is 0 Å². The van der Waals surface area contributed by atoms with Gasteiger partial charge in [-0.2, -0.15) is 11.8 Å². The maximum Gasteiger partial charge on any atom is 0.309 e. The quantitative estimate of drug-likeness (QED) is 0.0511. The van der Waals surface area contributed by atoms with Gasteiger partial charge in [0, 0.05) is 17.9 Å². The second kappa shape index (κ2) is 23.5. The minimum absolute atomic E-state index is 0.00945. The normalized spacial score (nSPS) is 13.1. The van der Waals surface area contributed by atoms with Crippen molar-refractivity contribution in [3.05, 3.63) is 163 Å². The Bertz CT molecular complexity index is 1720. The van der Waals surface area contributed by atoms with Crippen LogP contribution in [0.3, 0.4) is 0 Å². The molecule has 0 unspecified atom stereocenters. The van der Waals surface area contributed by atoms with Crippen molar-refractivity contribution >= 4 is 29.5 Å². The van der Waals surface area contributed by atoms with Crippen LogP contribution in [0.4, 0.5) is 0 Å². The third-order valence-electron chi connectivity index (χ3n) is 8.81. The largest absolute Gasteiger partial charge is 0.489 e. The predicted molar refractivity (Wildman–Crippen MR) is 217 cm³/mol. The number of thioether (sulfide) groups is 1. The number of esters is 1. The molecule has 0 heterocycles. The molecule has 4 aromatic rings. The van der Waals surface area contributed by atoms with Crippen LogP contribution >= 0.6 is 11.8 Å². The Morgan fingerprint density at radius 2 is 1.26 bits per heavy atom. The van der Waals surface area contributed by atoms with E-state index in [-0.39, 0.29) is 43.8 Å². The van der Waals surface area contributed by atoms with E-state index in [4.69, 9.17) is 9.47 Å². The number of hydrogen-bond acceptors (Lipinski definition) is 7. The van der Waals surface area contributed by atoms with Gasteiger partial charge in [-0.25, -0.2) is 0 Å². The second-order valence-corrected chi connectivity index (χ2v) is 14.3. The van der Waals surface area contributed by atoms with Crippen molar-refractivity contribution in [2.24, 2.45) is 11.8 Å². The summed E-state index contributed by atoms with van der Waals surface area (Å²) in [6, 6.07) is 36.2. The summed E-state index contributed by atoms with van der Waals surface area (Å²) < 4.78 is 11.7. The van der Waals surface area contributed by atoms with Crippen LogP contribution in [-0.4, -0.2) is 53.9 Å². The van der Waals surface area contributed by atoms with E-state index in [1.807, 2.05) is 115 Å². The van der Waals surface area contributed by atoms with Crippen LogP contribution in [0.2, 0.25) is 0 Å². The molecule has 0 aromatic heterocycles. The van der Waals surface area contributed by atoms with Crippen LogP contribution in [0.25, 0.3) is 0 Å². The standard InChI is InChI=1S/C45H52N2O6S/c1-3-14-38(28-43(49)46-40(29-48)27-35-22-24-42(25-23-35)52-30-36-18-10-6-11-19-36)44(50)47-41(33-54-32-37-20-12-7-13-21-37)31-53-45(51)39(15-4-2)26-34-16-8-5-9-17-34/h3-13,16-25,38-41,48H,1-2,14-15,26-33H2,(H,46,49)(H,47,50)/t38-,39+,40+,41-/m1/s1. The van der Waals surface area contributed by atoms with Crippen LogP contribution in [0.5, 0.6) is 5.75 Å². The number of benzene rings is 4. The van der Waals surface area contributed by atoms with E-state index in [1.165, 1.54) is 0 Å². The van der Waals surface area contributed by atoms with Gasteiger partial charge < -0.3 is 25.2 Å². The summed E-state index contributed by atoms with van der Waals surface area (Å²) in [5, 5.41) is 16.1. The molecule has 2 amide bonds. The third kappa shape index (κ3) is 15.1. The number of aliphatic hydroxyl groups excluding tert-OH is 1. The molecule has 8 nitrogen and oxygen atoms in total. The summed E-state index contributed by atoms with van der Waals surface area (Å²) in [5.41, 5.74) is 4.17. The van der Waals surface area contributed by atoms with Gasteiger partial charge in [-0.1, -0.05) is 115 Å². The molecule has 0 aliphatic heterocycles. The van der Waals surface area contributed by atoms with Crippen molar-refractivity contribution in [1.29, 1.82) is 0 Å². The highest BCUT2D eigenvalue weighted by Crippen LogP contribution is 2.19. The zero-order valence-electron chi connectivity index (χ0n) is 30.8. The van der Waals surface area contributed by atoms with Crippen LogP contribution in [-0.2, 0) is 44.3 Å². The van der Waals surface area contributed by atoms with Crippen molar-refractivity contribution in [3.8, 4) is 5.75 Å². The van der Waals surface area contributed by atoms with Gasteiger partial charge in [0.2, 0.25) is 11.8 Å². The molecule has 0 radical (unpaired) electrons. The average Bonchev–Trinajstić information content (AvgIpc) is 3.20. The molecule has 0 fully saturated rings. The molecule has 9 heteroatoms. The molecular formula is C45H52N2O6S. The van der Waals surface area contributed by atoms with E-state index in [0.717, 1.165) is 33.8 Å². The number of carbonyl (C=O) groups excluding carboxylic acids is 3. The van der Waals surface area contributed by atoms with Gasteiger partial charge in [0.05, 0.1) is 30.5 Å². The Labute approximate surface area is 324 Å². The molecule has 3 N–H and O–H groups in total. The minimum atomic E-state index is -0.702. The van der Waals surface area contributed by atoms with E-state index >= 15 is 0 Å². The number of rotatable bonds is 24. The highest BCUT2D eigenvalue weighted by Gasteiger charge is 2.26. The molecule has 4 aromatic carbocycles. The molecule has 0 saturated carbocycles. The first kappa shape index (κ1) is 41.6. The summed E-state index contributed by atoms with van der Waals surface area (Å²) in [7, 11) is 0. The smallest absolute Gasteiger partial charge is 0.309 e. The first-order valence-corrected chi connectivity index (χ1v) is 19.5. The fourth-order valence-corrected chi connectivity index (χ4v) is 6.92. The summed E-state index contributed by atoms with van der Waals surface area (Å²) in [4.78, 5) is 40.2. The van der Waals surface area contributed by atoms with Gasteiger partial charge in [0.1, 0.15) is 19.0 Å². The van der Waals surface area contributed by atoms with E-state index in [9.17, 15) is 19.5 Å². The molecule has 4 rings (SSSR count). The second-order valence-electron chi connectivity index (χ2n) is 13.2. The molecule has 4 atom stereocenters. The molecule has 0 spiro atoms. The van der Waals surface area contributed by atoms with Gasteiger partial charge in [-0.3, -0.25) is 14.4 Å². The van der Waals surface area contributed by atoms with E-state index in [2.05, 4.69) is 23.8 Å². The van der Waals surface area contributed by atoms with E-state index in [0.29, 0.717) is 31.6 Å². The zero-order chi connectivity index (χ0) is 38.4. The number of nitrogens with one attached hydrogen (secondary N) is 2. The molecule has 284 valence electrons. The van der Waals surface area contributed by atoms with Crippen LogP contribution in [0.1, 0.15) is 41.5 Å². The van der Waals surface area contributed by atoms with E-state index < -0.39 is 23.9 Å². The Morgan fingerprint density at radius 1 is 0.685 bits per heavy atom. The van der Waals surface area contributed by atoms with Gasteiger partial charge >= 0.3 is 5.97 Å². The SMILES string of the molecule is C=CC[C@H](CC(=O)N[C@H](CO)Cc1ccc(OCc2ccccc2)cc1)C(=O)N[C@H](COC(=O)[C@@H](CC=C)Cc1ccccc1)CSCc1ccccc1. The first-order chi connectivity index (χ1) is 26.4. The summed E-state index contributed by atoms with van der Waals surface area (Å²) in [6.07, 6.45) is 4.90. The van der Waals surface area contributed by atoms with Gasteiger partial charge in [-0.05, 0) is 60.1 Å². The monoisotopic (exact) mass is 748 g/mol. The fourth-order valence-electron chi connectivity index (χ4n) is 5.91. The van der Waals surface area contributed by atoms with Crippen molar-refractivity contribution in [2.45, 2.75) is 56.5 Å². The van der Waals surface area contributed by atoms with Crippen molar-refractivity contribution in [2.75, 3.05) is 19.0 Å². The minimum Gasteiger partial charge on any atom is -0.489 e. The number of ether oxygens (including phenoxy) is 2. The third-order valence-corrected chi connectivity index (χ3v) is 9.98. The first-order valence-electron chi connectivity index (χ1n) is 18.4. The molecule has 0 saturated heterocycles. The van der Waals surface area contributed by atoms with Gasteiger partial charge in [0.25, 0.3) is 0 Å². The molecule has 0 aliphatic carbocycles. The summed E-state index contributed by atoms with van der Waals surface area (Å²) in [5.74, 6) is -0.197. The molecular weight excluding hydrogens is 697 g/mol. The van der Waals surface area contributed by atoms with Crippen LogP contribution in [0, 0.1) is 11.8 Å². The fraction of sp³-hybridized carbons (Fsp3) is 0.311. The maximum absolute atomic E-state index is 13.7. The van der Waals surface area contributed by atoms with Crippen LogP contribution in [0.15, 0.2) is 141 Å². The maximum atomic E-state index is 13.7. The van der Waals surface area contributed by atoms with Crippen molar-refractivity contribution in [3.63, 3.8) is 0 Å². The highest BCUT2D eigenvalue weighted by atomic mass is 32.2. The van der Waals surface area contributed by atoms with Gasteiger partial charge in [-0.15, -0.1) is 13.2 Å². The van der Waals surface area contributed by atoms with E-state index in [1.54, 1.807) is 23.9 Å². The number of allylic oxidation sites excluding steroid dienone is 2. The lowest BCUT2D eigenvalue weighted by Gasteiger charge is -2.24. The Hall–Kier alpha value is -5.12. The topological polar surface area (TPSA) is 114 Å². The lowest BCUT2D eigenvalue weighted by atomic mass is 9.96. The summed E-state index contributed by atoms with van der Waals surface area (Å²) in [6.45, 7) is 7.82. The predicted octanol–water partition coefficient (Wildman–Crippen LogP) is 7.26. The van der Waals surface area contributed by atoms with Crippen LogP contribution < -0.4 is 15.4 Å². The van der Waals surface area contributed by atoms with Crippen molar-refractivity contribution < 1.29 is 29.0 Å². The molecule has 0 aliphatic rings. The summed E-state index contributed by atoms with van der Waals surface area (Å²) >= 11 is 1.63. The average molecular weight is 749 g/mol. The molecule has 0 bridgehead atoms. The number of aliphatic hydroxyl groups is 1. The number of amides is 2. The number of hydrogen-bond donors (Lipinski definition) is 3. The van der Waals surface area contributed by atoms with Crippen molar-refractivity contribution in [1.82, 2.24) is 10.6 Å².